The third kappa shape index (κ3) is 3.57. The number of rotatable bonds is 4. The number of hydrogen-bond acceptors (Lipinski definition) is 5. The zero-order chi connectivity index (χ0) is 16.3. The minimum atomic E-state index is -3.54. The van der Waals surface area contributed by atoms with E-state index in [1.54, 1.807) is 25.1 Å². The third-order valence-electron chi connectivity index (χ3n) is 4.21. The lowest BCUT2D eigenvalue weighted by Crippen LogP contribution is -2.49. The minimum absolute atomic E-state index is 0.199. The Morgan fingerprint density at radius 3 is 2.41 bits per heavy atom. The fourth-order valence-electron chi connectivity index (χ4n) is 2.64. The van der Waals surface area contributed by atoms with Gasteiger partial charge in [-0.05, 0) is 18.2 Å². The second-order valence-corrected chi connectivity index (χ2v) is 7.55. The van der Waals surface area contributed by atoms with Crippen molar-refractivity contribution in [1.29, 1.82) is 0 Å². The van der Waals surface area contributed by atoms with Gasteiger partial charge in [0.15, 0.2) is 9.84 Å². The summed E-state index contributed by atoms with van der Waals surface area (Å²) in [5.41, 5.74) is 0. The van der Waals surface area contributed by atoms with Crippen molar-refractivity contribution in [2.75, 3.05) is 6.61 Å². The molecule has 0 radical (unpaired) electrons. The van der Waals surface area contributed by atoms with Crippen LogP contribution in [-0.4, -0.2) is 43.5 Å². The fraction of sp³-hybridized carbons (Fsp3) is 0.500. The van der Waals surface area contributed by atoms with Gasteiger partial charge in [-0.1, -0.05) is 32.0 Å². The first-order valence-corrected chi connectivity index (χ1v) is 8.84. The molecule has 1 aliphatic heterocycles. The van der Waals surface area contributed by atoms with Crippen molar-refractivity contribution in [1.82, 2.24) is 0 Å². The average molecular weight is 326 g/mol. The van der Waals surface area contributed by atoms with Gasteiger partial charge in [0, 0.05) is 17.2 Å². The van der Waals surface area contributed by atoms with Gasteiger partial charge >= 0.3 is 0 Å². The zero-order valence-corrected chi connectivity index (χ0v) is 13.5. The number of hydrogen-bond donors (Lipinski definition) is 2. The first-order valence-electron chi connectivity index (χ1n) is 7.29. The molecule has 0 saturated carbocycles. The highest BCUT2D eigenvalue weighted by Gasteiger charge is 2.39. The molecule has 1 aromatic carbocycles. The van der Waals surface area contributed by atoms with Gasteiger partial charge in [0.25, 0.3) is 0 Å². The molecular formula is C16H22O5S. The summed E-state index contributed by atoms with van der Waals surface area (Å²) in [4.78, 5) is 0.210. The van der Waals surface area contributed by atoms with Gasteiger partial charge in [0.2, 0.25) is 0 Å². The topological polar surface area (TPSA) is 83.8 Å². The van der Waals surface area contributed by atoms with Crippen molar-refractivity contribution in [2.45, 2.75) is 37.1 Å². The number of aliphatic hydroxyl groups is 2. The van der Waals surface area contributed by atoms with E-state index in [0.717, 1.165) is 5.41 Å². The highest BCUT2D eigenvalue weighted by molar-refractivity contribution is 7.94. The number of ether oxygens (including phenoxy) is 1. The van der Waals surface area contributed by atoms with Crippen molar-refractivity contribution in [2.24, 2.45) is 11.8 Å². The van der Waals surface area contributed by atoms with Crippen LogP contribution >= 0.6 is 0 Å². The van der Waals surface area contributed by atoms with E-state index >= 15 is 0 Å². The number of sulfone groups is 1. The van der Waals surface area contributed by atoms with Crippen molar-refractivity contribution < 1.29 is 23.4 Å². The molecule has 0 unspecified atom stereocenters. The highest BCUT2D eigenvalue weighted by Crippen LogP contribution is 2.31. The van der Waals surface area contributed by atoms with Crippen LogP contribution in [0, 0.1) is 11.8 Å². The summed E-state index contributed by atoms with van der Waals surface area (Å²) in [6.45, 7) is 3.41. The molecular weight excluding hydrogens is 304 g/mol. The Hall–Kier alpha value is -1.21. The molecule has 6 heteroatoms. The fourth-order valence-corrected chi connectivity index (χ4v) is 3.70. The summed E-state index contributed by atoms with van der Waals surface area (Å²) < 4.78 is 30.1. The minimum Gasteiger partial charge on any atom is -0.394 e. The van der Waals surface area contributed by atoms with E-state index in [4.69, 9.17) is 4.74 Å². The van der Waals surface area contributed by atoms with Crippen molar-refractivity contribution in [3.05, 3.63) is 41.8 Å². The van der Waals surface area contributed by atoms with Gasteiger partial charge in [-0.25, -0.2) is 8.42 Å². The van der Waals surface area contributed by atoms with E-state index in [2.05, 4.69) is 0 Å². The van der Waals surface area contributed by atoms with Gasteiger partial charge in [-0.2, -0.15) is 0 Å². The Bertz CT molecular complexity index is 609. The van der Waals surface area contributed by atoms with Crippen molar-refractivity contribution >= 4 is 9.84 Å². The van der Waals surface area contributed by atoms with Crippen LogP contribution in [0.25, 0.3) is 0 Å². The van der Waals surface area contributed by atoms with E-state index in [9.17, 15) is 18.6 Å². The maximum Gasteiger partial charge on any atom is 0.199 e. The van der Waals surface area contributed by atoms with E-state index in [0.29, 0.717) is 0 Å². The molecule has 2 rings (SSSR count). The van der Waals surface area contributed by atoms with Crippen molar-refractivity contribution in [3.63, 3.8) is 0 Å². The van der Waals surface area contributed by atoms with Crippen LogP contribution in [0.1, 0.15) is 13.8 Å². The van der Waals surface area contributed by atoms with Gasteiger partial charge in [-0.15, -0.1) is 0 Å². The van der Waals surface area contributed by atoms with Gasteiger partial charge in [0.1, 0.15) is 0 Å². The summed E-state index contributed by atoms with van der Waals surface area (Å²) >= 11 is 0. The molecule has 1 aromatic rings. The van der Waals surface area contributed by atoms with Crippen molar-refractivity contribution in [3.8, 4) is 0 Å². The maximum atomic E-state index is 12.2. The van der Waals surface area contributed by atoms with Crippen LogP contribution in [0.2, 0.25) is 0 Å². The van der Waals surface area contributed by atoms with Gasteiger partial charge in [0.05, 0.1) is 29.8 Å². The SMILES string of the molecule is C[C@@H]1[C@H](O)[C@H](C)[C@H](/C=C/S(=O)(=O)c2ccccc2)O[C@@H]1CO. The first kappa shape index (κ1) is 17.1. The molecule has 122 valence electrons. The van der Waals surface area contributed by atoms with E-state index in [1.807, 2.05) is 6.92 Å². The second kappa shape index (κ2) is 6.91. The third-order valence-corrected chi connectivity index (χ3v) is 5.66. The van der Waals surface area contributed by atoms with E-state index in [-0.39, 0.29) is 23.3 Å². The van der Waals surface area contributed by atoms with Crippen LogP contribution in [0.15, 0.2) is 46.7 Å². The summed E-state index contributed by atoms with van der Waals surface area (Å²) in [6.07, 6.45) is -0.257. The Morgan fingerprint density at radius 2 is 1.82 bits per heavy atom. The van der Waals surface area contributed by atoms with E-state index < -0.39 is 28.1 Å². The largest absolute Gasteiger partial charge is 0.394 e. The molecule has 0 amide bonds. The van der Waals surface area contributed by atoms with Gasteiger partial charge < -0.3 is 14.9 Å². The Balaban J connectivity index is 2.18. The molecule has 1 fully saturated rings. The Labute approximate surface area is 131 Å². The summed E-state index contributed by atoms with van der Waals surface area (Å²) in [5.74, 6) is -0.449. The predicted molar refractivity (Wildman–Crippen MR) is 82.8 cm³/mol. The molecule has 1 heterocycles. The quantitative estimate of drug-likeness (QED) is 0.873. The highest BCUT2D eigenvalue weighted by atomic mass is 32.2. The summed E-state index contributed by atoms with van der Waals surface area (Å²) in [7, 11) is -3.54. The maximum absolute atomic E-state index is 12.2. The van der Waals surface area contributed by atoms with Crippen LogP contribution in [0.4, 0.5) is 0 Å². The molecule has 1 aliphatic rings. The number of benzene rings is 1. The first-order chi connectivity index (χ1) is 10.4. The molecule has 5 nitrogen and oxygen atoms in total. The molecule has 0 aromatic heterocycles. The molecule has 1 saturated heterocycles. The zero-order valence-electron chi connectivity index (χ0n) is 12.7. The molecule has 0 spiro atoms. The second-order valence-electron chi connectivity index (χ2n) is 5.72. The lowest BCUT2D eigenvalue weighted by atomic mass is 9.83. The van der Waals surface area contributed by atoms with Crippen LogP contribution in [0.5, 0.6) is 0 Å². The van der Waals surface area contributed by atoms with E-state index in [1.165, 1.54) is 18.2 Å². The average Bonchev–Trinajstić information content (AvgIpc) is 2.53. The molecule has 0 bridgehead atoms. The van der Waals surface area contributed by atoms with Gasteiger partial charge in [-0.3, -0.25) is 0 Å². The van der Waals surface area contributed by atoms with Crippen LogP contribution in [-0.2, 0) is 14.6 Å². The molecule has 2 N–H and O–H groups in total. The number of aliphatic hydroxyl groups excluding tert-OH is 2. The normalized spacial score (nSPS) is 33.2. The smallest absolute Gasteiger partial charge is 0.199 e. The predicted octanol–water partition coefficient (Wildman–Crippen LogP) is 1.37. The monoisotopic (exact) mass is 326 g/mol. The molecule has 22 heavy (non-hydrogen) atoms. The van der Waals surface area contributed by atoms with Crippen LogP contribution < -0.4 is 0 Å². The molecule has 0 aliphatic carbocycles. The summed E-state index contributed by atoms with van der Waals surface area (Å²) in [6, 6.07) is 8.12. The Morgan fingerprint density at radius 1 is 1.18 bits per heavy atom. The Kier molecular flexibility index (Phi) is 5.39. The lowest BCUT2D eigenvalue weighted by Gasteiger charge is -2.41. The standard InChI is InChI=1S/C16H22O5S/c1-11-14(21-15(10-17)12(2)16(11)18)8-9-22(19,20)13-6-4-3-5-7-13/h3-9,11-12,14-18H,10H2,1-2H3/b9-8+/t11-,12+,14+,15-,16-/m1/s1. The summed E-state index contributed by atoms with van der Waals surface area (Å²) in [5, 5.41) is 20.6. The molecule has 5 atom stereocenters. The lowest BCUT2D eigenvalue weighted by molar-refractivity contribution is -0.158. The van der Waals surface area contributed by atoms with Crippen LogP contribution in [0.3, 0.4) is 0 Å².